The van der Waals surface area contributed by atoms with Gasteiger partial charge in [0.2, 0.25) is 5.91 Å². The summed E-state index contributed by atoms with van der Waals surface area (Å²) >= 11 is 0. The van der Waals surface area contributed by atoms with Crippen LogP contribution in [0.4, 0.5) is 0 Å². The molecule has 3 N–H and O–H groups in total. The molecule has 1 saturated heterocycles. The lowest BCUT2D eigenvalue weighted by molar-refractivity contribution is -0.183. The zero-order chi connectivity index (χ0) is 34.0. The van der Waals surface area contributed by atoms with Crippen LogP contribution < -0.4 is 5.32 Å². The molecule has 47 heavy (non-hydrogen) atoms. The fourth-order valence-corrected chi connectivity index (χ4v) is 9.90. The van der Waals surface area contributed by atoms with Crippen molar-refractivity contribution in [2.45, 2.75) is 130 Å². The number of nitrogens with zero attached hydrogens (tertiary/aromatic N) is 3. The van der Waals surface area contributed by atoms with E-state index in [2.05, 4.69) is 88.1 Å². The van der Waals surface area contributed by atoms with Gasteiger partial charge in [0.05, 0.1) is 19.3 Å². The summed E-state index contributed by atoms with van der Waals surface area (Å²) in [6, 6.07) is 8.67. The van der Waals surface area contributed by atoms with Crippen molar-refractivity contribution in [1.82, 2.24) is 20.2 Å². The summed E-state index contributed by atoms with van der Waals surface area (Å²) in [5.74, 6) is 2.45. The number of carbonyl (C=O) groups excluding carboxylic acids is 1. The van der Waals surface area contributed by atoms with E-state index in [1.54, 1.807) is 12.0 Å². The highest BCUT2D eigenvalue weighted by molar-refractivity contribution is 5.82. The Hall–Kier alpha value is -1.55. The fraction of sp³-hybridized carbons (Fsp3) is 0.821. The van der Waals surface area contributed by atoms with Gasteiger partial charge in [-0.05, 0) is 99.3 Å². The first kappa shape index (κ1) is 36.7. The summed E-state index contributed by atoms with van der Waals surface area (Å²) in [5.41, 5.74) is 2.69. The quantitative estimate of drug-likeness (QED) is 0.236. The molecular formula is C39H66N4O4. The van der Waals surface area contributed by atoms with E-state index < -0.39 is 24.2 Å². The number of carbonyl (C=O) groups is 1. The maximum atomic E-state index is 14.1. The van der Waals surface area contributed by atoms with Gasteiger partial charge in [-0.25, -0.2) is 0 Å². The summed E-state index contributed by atoms with van der Waals surface area (Å²) in [4.78, 5) is 25.5. The average Bonchev–Trinajstić information content (AvgIpc) is 3.64. The lowest BCUT2D eigenvalue weighted by Gasteiger charge is -2.62. The van der Waals surface area contributed by atoms with Gasteiger partial charge in [-0.2, -0.15) is 5.06 Å². The third-order valence-corrected chi connectivity index (χ3v) is 12.6. The molecule has 1 heterocycles. The topological polar surface area (TPSA) is 88.5 Å². The van der Waals surface area contributed by atoms with Crippen LogP contribution in [0, 0.1) is 40.9 Å². The molecule has 1 aliphatic heterocycles. The number of likely N-dealkylation sites (N-methyl/N-ethyl adjacent to an activating group) is 1. The lowest BCUT2D eigenvalue weighted by Crippen LogP contribution is -2.62. The Labute approximate surface area is 285 Å². The van der Waals surface area contributed by atoms with Gasteiger partial charge in [0.25, 0.3) is 0 Å². The van der Waals surface area contributed by atoms with Gasteiger partial charge in [0.15, 0.2) is 0 Å². The van der Waals surface area contributed by atoms with Crippen LogP contribution in [0.1, 0.15) is 97.6 Å². The maximum absolute atomic E-state index is 14.1. The SMILES string of the molecule is CC(C)C[C@@H](CN(C)C)N(Cc1cccc(CN2O[C@@H](CO)[C@@H]([C@H](C)O)[C@H]2C(=O)N[C@H]2CC3CC([C@H]2C)C3(C)C)c1)CC1CCCC1. The number of benzene rings is 1. The van der Waals surface area contributed by atoms with E-state index in [0.29, 0.717) is 41.7 Å². The Morgan fingerprint density at radius 1 is 1.13 bits per heavy atom. The maximum Gasteiger partial charge on any atom is 0.240 e. The fourth-order valence-electron chi connectivity index (χ4n) is 9.90. The molecule has 4 saturated carbocycles. The van der Waals surface area contributed by atoms with Crippen molar-refractivity contribution < 1.29 is 19.8 Å². The van der Waals surface area contributed by atoms with E-state index in [1.807, 2.05) is 0 Å². The Bertz CT molecular complexity index is 1160. The lowest BCUT2D eigenvalue weighted by atomic mass is 9.45. The van der Waals surface area contributed by atoms with Crippen LogP contribution >= 0.6 is 0 Å². The third-order valence-electron chi connectivity index (χ3n) is 12.6. The molecule has 0 radical (unpaired) electrons. The molecule has 4 aliphatic carbocycles. The van der Waals surface area contributed by atoms with Crippen molar-refractivity contribution in [3.8, 4) is 0 Å². The number of aliphatic hydroxyl groups is 2. The molecule has 8 heteroatoms. The number of hydrogen-bond acceptors (Lipinski definition) is 7. The highest BCUT2D eigenvalue weighted by atomic mass is 16.7. The first-order chi connectivity index (χ1) is 22.3. The van der Waals surface area contributed by atoms with E-state index in [9.17, 15) is 15.0 Å². The van der Waals surface area contributed by atoms with Gasteiger partial charge in [0, 0.05) is 37.6 Å². The molecule has 5 aliphatic rings. The molecule has 1 aromatic rings. The van der Waals surface area contributed by atoms with Crippen LogP contribution in [0.15, 0.2) is 24.3 Å². The summed E-state index contributed by atoms with van der Waals surface area (Å²) < 4.78 is 0. The van der Waals surface area contributed by atoms with Gasteiger partial charge in [-0.15, -0.1) is 0 Å². The smallest absolute Gasteiger partial charge is 0.240 e. The largest absolute Gasteiger partial charge is 0.394 e. The Balaban J connectivity index is 1.33. The molecule has 6 rings (SSSR count). The van der Waals surface area contributed by atoms with E-state index in [4.69, 9.17) is 4.84 Å². The van der Waals surface area contributed by atoms with E-state index in [-0.39, 0.29) is 18.6 Å². The molecule has 8 nitrogen and oxygen atoms in total. The van der Waals surface area contributed by atoms with E-state index in [0.717, 1.165) is 37.5 Å². The standard InChI is InChI=1S/C39H66N4O4/c1-25(2)16-32(23-41(7)8)42(20-28-12-9-10-13-28)21-29-14-11-15-30(17-29)22-43-37(36(27(4)45)35(24-44)47-43)38(46)40-34-19-31-18-33(26(34)3)39(31,5)6/h11,14-15,17,25-28,31-37,44-45H,9-10,12-13,16,18-24H2,1-8H3,(H,40,46)/t26-,27+,31?,32+,33?,34+,35+,36-,37+/m1/s1. The Morgan fingerprint density at radius 3 is 2.43 bits per heavy atom. The van der Waals surface area contributed by atoms with Gasteiger partial charge in [0.1, 0.15) is 12.1 Å². The molecule has 0 aromatic heterocycles. The minimum absolute atomic E-state index is 0.0955. The molecule has 2 bridgehead atoms. The van der Waals surface area contributed by atoms with Gasteiger partial charge < -0.3 is 20.4 Å². The Morgan fingerprint density at radius 2 is 1.83 bits per heavy atom. The summed E-state index contributed by atoms with van der Waals surface area (Å²) in [5, 5.41) is 26.3. The zero-order valence-corrected chi connectivity index (χ0v) is 30.7. The highest BCUT2D eigenvalue weighted by Gasteiger charge is 2.57. The number of hydrogen-bond donors (Lipinski definition) is 3. The van der Waals surface area contributed by atoms with Crippen LogP contribution in [-0.4, -0.2) is 95.1 Å². The van der Waals surface area contributed by atoms with Gasteiger partial charge >= 0.3 is 0 Å². The van der Waals surface area contributed by atoms with Crippen molar-refractivity contribution in [3.05, 3.63) is 35.4 Å². The Kier molecular flexibility index (Phi) is 12.2. The van der Waals surface area contributed by atoms with Crippen molar-refractivity contribution in [2.24, 2.45) is 40.9 Å². The molecule has 5 fully saturated rings. The average molecular weight is 655 g/mol. The first-order valence-electron chi connectivity index (χ1n) is 18.8. The van der Waals surface area contributed by atoms with Gasteiger partial charge in [-0.1, -0.05) is 71.7 Å². The van der Waals surface area contributed by atoms with Crippen molar-refractivity contribution in [1.29, 1.82) is 0 Å². The minimum Gasteiger partial charge on any atom is -0.394 e. The molecular weight excluding hydrogens is 588 g/mol. The second-order valence-electron chi connectivity index (χ2n) is 17.2. The third kappa shape index (κ3) is 8.43. The van der Waals surface area contributed by atoms with Crippen LogP contribution in [0.3, 0.4) is 0 Å². The number of amides is 1. The van der Waals surface area contributed by atoms with Crippen LogP contribution in [0.2, 0.25) is 0 Å². The van der Waals surface area contributed by atoms with Crippen LogP contribution in [-0.2, 0) is 22.7 Å². The molecule has 266 valence electrons. The van der Waals surface area contributed by atoms with Crippen LogP contribution in [0.5, 0.6) is 0 Å². The predicted octanol–water partition coefficient (Wildman–Crippen LogP) is 5.32. The highest BCUT2D eigenvalue weighted by Crippen LogP contribution is 2.61. The second kappa shape index (κ2) is 15.6. The van der Waals surface area contributed by atoms with Crippen molar-refractivity contribution in [2.75, 3.05) is 33.8 Å². The summed E-state index contributed by atoms with van der Waals surface area (Å²) in [6.45, 7) is 16.7. The first-order valence-corrected chi connectivity index (χ1v) is 18.8. The summed E-state index contributed by atoms with van der Waals surface area (Å²) in [6.07, 6.45) is 7.36. The molecule has 0 spiro atoms. The predicted molar refractivity (Wildman–Crippen MR) is 188 cm³/mol. The monoisotopic (exact) mass is 655 g/mol. The van der Waals surface area contributed by atoms with Crippen molar-refractivity contribution in [3.63, 3.8) is 0 Å². The van der Waals surface area contributed by atoms with E-state index in [1.165, 1.54) is 44.1 Å². The molecule has 9 atom stereocenters. The normalized spacial score (nSPS) is 32.2. The summed E-state index contributed by atoms with van der Waals surface area (Å²) in [7, 11) is 4.37. The number of nitrogens with one attached hydrogen (secondary N) is 1. The second-order valence-corrected chi connectivity index (χ2v) is 17.2. The minimum atomic E-state index is -0.797. The molecule has 1 amide bonds. The molecule has 2 unspecified atom stereocenters. The van der Waals surface area contributed by atoms with Crippen LogP contribution in [0.25, 0.3) is 0 Å². The number of fused-ring (bicyclic) bond motifs is 2. The number of rotatable bonds is 15. The van der Waals surface area contributed by atoms with Gasteiger partial charge in [-0.3, -0.25) is 14.5 Å². The van der Waals surface area contributed by atoms with Crippen molar-refractivity contribution >= 4 is 5.91 Å². The van der Waals surface area contributed by atoms with E-state index >= 15 is 0 Å². The molecule has 1 aromatic carbocycles. The number of hydroxylamine groups is 2. The zero-order valence-electron chi connectivity index (χ0n) is 30.7. The number of aliphatic hydroxyl groups excluding tert-OH is 2.